The van der Waals surface area contributed by atoms with Gasteiger partial charge in [-0.3, -0.25) is 4.79 Å². The zero-order chi connectivity index (χ0) is 19.7. The molecule has 1 aliphatic rings. The summed E-state index contributed by atoms with van der Waals surface area (Å²) >= 11 is 0. The molecule has 0 radical (unpaired) electrons. The number of amides is 1. The molecule has 0 bridgehead atoms. The molecule has 3 aromatic carbocycles. The van der Waals surface area contributed by atoms with Crippen molar-refractivity contribution < 1.29 is 13.9 Å². The fourth-order valence-electron chi connectivity index (χ4n) is 3.72. The highest BCUT2D eigenvalue weighted by atomic mass is 19.1. The van der Waals surface area contributed by atoms with E-state index in [-0.39, 0.29) is 17.8 Å². The van der Waals surface area contributed by atoms with Gasteiger partial charge in [-0.25, -0.2) is 4.39 Å². The SMILES string of the molecule is CC1(C)C(=O)N(c2ccc(F)cc2)[C@H]1c1ccc(OCc2ccccc2)cc1. The van der Waals surface area contributed by atoms with E-state index in [1.54, 1.807) is 17.0 Å². The van der Waals surface area contributed by atoms with Crippen molar-refractivity contribution in [3.8, 4) is 5.75 Å². The first-order valence-electron chi connectivity index (χ1n) is 9.33. The van der Waals surface area contributed by atoms with Gasteiger partial charge >= 0.3 is 0 Å². The first kappa shape index (κ1) is 18.2. The van der Waals surface area contributed by atoms with Crippen LogP contribution in [0, 0.1) is 11.2 Å². The minimum atomic E-state index is -0.513. The van der Waals surface area contributed by atoms with Gasteiger partial charge in [-0.1, -0.05) is 42.5 Å². The summed E-state index contributed by atoms with van der Waals surface area (Å²) in [5, 5.41) is 0. The van der Waals surface area contributed by atoms with Gasteiger partial charge in [0.2, 0.25) is 5.91 Å². The van der Waals surface area contributed by atoms with Crippen LogP contribution < -0.4 is 9.64 Å². The summed E-state index contributed by atoms with van der Waals surface area (Å²) in [6.45, 7) is 4.40. The molecule has 4 rings (SSSR count). The minimum absolute atomic E-state index is 0.0357. The molecule has 1 atom stereocenters. The maximum Gasteiger partial charge on any atom is 0.235 e. The van der Waals surface area contributed by atoms with Gasteiger partial charge in [0.15, 0.2) is 0 Å². The van der Waals surface area contributed by atoms with Crippen molar-refractivity contribution >= 4 is 11.6 Å². The topological polar surface area (TPSA) is 29.5 Å². The fraction of sp³-hybridized carbons (Fsp3) is 0.208. The largest absolute Gasteiger partial charge is 0.489 e. The molecule has 28 heavy (non-hydrogen) atoms. The monoisotopic (exact) mass is 375 g/mol. The van der Waals surface area contributed by atoms with Crippen LogP contribution in [0.5, 0.6) is 5.75 Å². The van der Waals surface area contributed by atoms with E-state index in [1.807, 2.05) is 68.4 Å². The van der Waals surface area contributed by atoms with Crippen LogP contribution in [-0.2, 0) is 11.4 Å². The van der Waals surface area contributed by atoms with Crippen LogP contribution >= 0.6 is 0 Å². The molecule has 4 heteroatoms. The van der Waals surface area contributed by atoms with Gasteiger partial charge in [-0.2, -0.15) is 0 Å². The second kappa shape index (κ2) is 7.12. The van der Waals surface area contributed by atoms with E-state index in [2.05, 4.69) is 0 Å². The maximum atomic E-state index is 13.3. The summed E-state index contributed by atoms with van der Waals surface area (Å²) in [4.78, 5) is 14.4. The first-order chi connectivity index (χ1) is 13.5. The third-order valence-corrected chi connectivity index (χ3v) is 5.26. The number of hydrogen-bond donors (Lipinski definition) is 0. The lowest BCUT2D eigenvalue weighted by Crippen LogP contribution is -2.61. The quantitative estimate of drug-likeness (QED) is 0.550. The third kappa shape index (κ3) is 3.26. The van der Waals surface area contributed by atoms with Crippen LogP contribution in [0.4, 0.5) is 10.1 Å². The van der Waals surface area contributed by atoms with E-state index in [1.165, 1.54) is 12.1 Å². The van der Waals surface area contributed by atoms with E-state index in [4.69, 9.17) is 4.74 Å². The van der Waals surface area contributed by atoms with Crippen molar-refractivity contribution in [2.75, 3.05) is 4.90 Å². The molecule has 3 nitrogen and oxygen atoms in total. The van der Waals surface area contributed by atoms with Gasteiger partial charge in [0, 0.05) is 5.69 Å². The van der Waals surface area contributed by atoms with E-state index < -0.39 is 5.41 Å². The molecular weight excluding hydrogens is 353 g/mol. The zero-order valence-electron chi connectivity index (χ0n) is 15.9. The van der Waals surface area contributed by atoms with Crippen LogP contribution in [0.1, 0.15) is 31.0 Å². The smallest absolute Gasteiger partial charge is 0.235 e. The Morgan fingerprint density at radius 3 is 2.21 bits per heavy atom. The van der Waals surface area contributed by atoms with Crippen LogP contribution in [0.2, 0.25) is 0 Å². The molecule has 0 spiro atoms. The second-order valence-electron chi connectivity index (χ2n) is 7.62. The molecule has 3 aromatic rings. The highest BCUT2D eigenvalue weighted by molar-refractivity contribution is 6.05. The highest BCUT2D eigenvalue weighted by Crippen LogP contribution is 2.51. The lowest BCUT2D eigenvalue weighted by Gasteiger charge is -2.53. The third-order valence-electron chi connectivity index (χ3n) is 5.26. The molecule has 0 aromatic heterocycles. The minimum Gasteiger partial charge on any atom is -0.489 e. The lowest BCUT2D eigenvalue weighted by atomic mass is 9.70. The normalized spacial score (nSPS) is 17.9. The first-order valence-corrected chi connectivity index (χ1v) is 9.33. The van der Waals surface area contributed by atoms with Crippen molar-refractivity contribution in [2.24, 2.45) is 5.41 Å². The van der Waals surface area contributed by atoms with Crippen LogP contribution in [0.15, 0.2) is 78.9 Å². The van der Waals surface area contributed by atoms with E-state index >= 15 is 0 Å². The number of benzene rings is 3. The molecule has 1 heterocycles. The number of carbonyl (C=O) groups is 1. The van der Waals surface area contributed by atoms with Crippen molar-refractivity contribution in [1.82, 2.24) is 0 Å². The van der Waals surface area contributed by atoms with Gasteiger partial charge in [0.25, 0.3) is 0 Å². The van der Waals surface area contributed by atoms with Gasteiger partial charge in [0.05, 0.1) is 11.5 Å². The highest BCUT2D eigenvalue weighted by Gasteiger charge is 2.55. The maximum absolute atomic E-state index is 13.3. The average Bonchev–Trinajstić information content (AvgIpc) is 2.72. The Kier molecular flexibility index (Phi) is 4.63. The van der Waals surface area contributed by atoms with Crippen LogP contribution in [0.3, 0.4) is 0 Å². The predicted molar refractivity (Wildman–Crippen MR) is 108 cm³/mol. The number of hydrogen-bond acceptors (Lipinski definition) is 2. The molecule has 1 amide bonds. The van der Waals surface area contributed by atoms with Crippen LogP contribution in [-0.4, -0.2) is 5.91 Å². The molecule has 0 aliphatic carbocycles. The number of halogens is 1. The van der Waals surface area contributed by atoms with Crippen molar-refractivity contribution in [3.63, 3.8) is 0 Å². The van der Waals surface area contributed by atoms with Crippen molar-refractivity contribution in [3.05, 3.63) is 95.8 Å². The number of β-lactam (4-membered cyclic amide) rings is 1. The number of rotatable bonds is 5. The Morgan fingerprint density at radius 2 is 1.57 bits per heavy atom. The molecule has 0 N–H and O–H groups in total. The number of anilines is 1. The molecular formula is C24H22FNO2. The Labute approximate surface area is 164 Å². The standard InChI is InChI=1S/C24H22FNO2/c1-24(2)22(26(23(24)27)20-12-10-19(25)11-13-20)18-8-14-21(15-9-18)28-16-17-6-4-3-5-7-17/h3-15,22H,16H2,1-2H3/t22-/m0/s1. The molecule has 1 fully saturated rings. The van der Waals surface area contributed by atoms with E-state index in [0.717, 1.165) is 16.9 Å². The summed E-state index contributed by atoms with van der Waals surface area (Å²) in [5.74, 6) is 0.505. The summed E-state index contributed by atoms with van der Waals surface area (Å²) in [5.41, 5.74) is 2.33. The molecule has 0 saturated carbocycles. The Bertz CT molecular complexity index is 966. The zero-order valence-corrected chi connectivity index (χ0v) is 15.9. The Hall–Kier alpha value is -3.14. The summed E-state index contributed by atoms with van der Waals surface area (Å²) in [7, 11) is 0. The van der Waals surface area contributed by atoms with Gasteiger partial charge < -0.3 is 9.64 Å². The lowest BCUT2D eigenvalue weighted by molar-refractivity contribution is -0.137. The summed E-state index contributed by atoms with van der Waals surface area (Å²) < 4.78 is 19.1. The van der Waals surface area contributed by atoms with Crippen molar-refractivity contribution in [2.45, 2.75) is 26.5 Å². The second-order valence-corrected chi connectivity index (χ2v) is 7.62. The molecule has 0 unspecified atom stereocenters. The predicted octanol–water partition coefficient (Wildman–Crippen LogP) is 5.52. The van der Waals surface area contributed by atoms with E-state index in [9.17, 15) is 9.18 Å². The number of ether oxygens (including phenoxy) is 1. The average molecular weight is 375 g/mol. The summed E-state index contributed by atoms with van der Waals surface area (Å²) in [6, 6.07) is 23.8. The van der Waals surface area contributed by atoms with Gasteiger partial charge in [-0.05, 0) is 61.4 Å². The summed E-state index contributed by atoms with van der Waals surface area (Å²) in [6.07, 6.45) is 0. The fourth-order valence-corrected chi connectivity index (χ4v) is 3.72. The Morgan fingerprint density at radius 1 is 0.929 bits per heavy atom. The Balaban J connectivity index is 1.53. The number of carbonyl (C=O) groups excluding carboxylic acids is 1. The van der Waals surface area contributed by atoms with Crippen LogP contribution in [0.25, 0.3) is 0 Å². The molecule has 1 aliphatic heterocycles. The van der Waals surface area contributed by atoms with Crippen molar-refractivity contribution in [1.29, 1.82) is 0 Å². The van der Waals surface area contributed by atoms with Gasteiger partial charge in [0.1, 0.15) is 18.2 Å². The van der Waals surface area contributed by atoms with Gasteiger partial charge in [-0.15, -0.1) is 0 Å². The molecule has 1 saturated heterocycles. The van der Waals surface area contributed by atoms with E-state index in [0.29, 0.717) is 12.3 Å². The number of nitrogens with zero attached hydrogens (tertiary/aromatic N) is 1. The molecule has 142 valence electrons.